The van der Waals surface area contributed by atoms with Crippen molar-refractivity contribution in [1.82, 2.24) is 10.3 Å². The summed E-state index contributed by atoms with van der Waals surface area (Å²) in [6.07, 6.45) is 2.96. The lowest BCUT2D eigenvalue weighted by molar-refractivity contribution is -0.143. The number of fused-ring (bicyclic) bond motifs is 1. The van der Waals surface area contributed by atoms with Crippen LogP contribution >= 0.6 is 0 Å². The van der Waals surface area contributed by atoms with Gasteiger partial charge in [0.25, 0.3) is 0 Å². The standard InChI is InChI=1S/C22H26N4O3/c1-4-29-19(27)13-25-22(28)16-5-7-26(8-6-16)21-17(11-23)12-24-20-15(3)9-14(2)10-18(20)21/h9-10,12,16H,4-8,13H2,1-3H3,(H,25,28). The van der Waals surface area contributed by atoms with Crippen LogP contribution in [0.25, 0.3) is 10.9 Å². The Morgan fingerprint density at radius 3 is 2.69 bits per heavy atom. The predicted molar refractivity (Wildman–Crippen MR) is 111 cm³/mol. The molecule has 0 bridgehead atoms. The summed E-state index contributed by atoms with van der Waals surface area (Å²) in [5.41, 5.74) is 4.56. The molecular weight excluding hydrogens is 368 g/mol. The summed E-state index contributed by atoms with van der Waals surface area (Å²) >= 11 is 0. The van der Waals surface area contributed by atoms with Crippen molar-refractivity contribution in [2.75, 3.05) is 31.1 Å². The summed E-state index contributed by atoms with van der Waals surface area (Å²) in [7, 11) is 0. The van der Waals surface area contributed by atoms with Crippen LogP contribution in [0.3, 0.4) is 0 Å². The number of pyridine rings is 1. The number of nitrogens with one attached hydrogen (secondary N) is 1. The average molecular weight is 394 g/mol. The smallest absolute Gasteiger partial charge is 0.325 e. The summed E-state index contributed by atoms with van der Waals surface area (Å²) in [4.78, 5) is 30.5. The highest BCUT2D eigenvalue weighted by molar-refractivity contribution is 5.96. The van der Waals surface area contributed by atoms with Crippen molar-refractivity contribution in [3.63, 3.8) is 0 Å². The first-order valence-corrected chi connectivity index (χ1v) is 9.93. The zero-order valence-electron chi connectivity index (χ0n) is 17.1. The van der Waals surface area contributed by atoms with E-state index in [0.717, 1.165) is 27.7 Å². The highest BCUT2D eigenvalue weighted by Gasteiger charge is 2.27. The van der Waals surface area contributed by atoms with Gasteiger partial charge in [0.1, 0.15) is 12.6 Å². The molecule has 7 nitrogen and oxygen atoms in total. The number of hydrogen-bond donors (Lipinski definition) is 1. The minimum Gasteiger partial charge on any atom is -0.465 e. The number of nitriles is 1. The highest BCUT2D eigenvalue weighted by atomic mass is 16.5. The van der Waals surface area contributed by atoms with Crippen molar-refractivity contribution in [2.24, 2.45) is 5.92 Å². The molecule has 0 atom stereocenters. The fourth-order valence-corrected chi connectivity index (χ4v) is 3.95. The van der Waals surface area contributed by atoms with Gasteiger partial charge in [-0.15, -0.1) is 0 Å². The molecule has 2 aromatic rings. The molecule has 0 radical (unpaired) electrons. The van der Waals surface area contributed by atoms with Gasteiger partial charge in [-0.05, 0) is 45.2 Å². The average Bonchev–Trinajstić information content (AvgIpc) is 2.71. The van der Waals surface area contributed by atoms with Crippen LogP contribution < -0.4 is 10.2 Å². The van der Waals surface area contributed by atoms with Crippen LogP contribution in [0.2, 0.25) is 0 Å². The van der Waals surface area contributed by atoms with Crippen molar-refractivity contribution in [2.45, 2.75) is 33.6 Å². The highest BCUT2D eigenvalue weighted by Crippen LogP contribution is 2.34. The lowest BCUT2D eigenvalue weighted by Gasteiger charge is -2.34. The lowest BCUT2D eigenvalue weighted by Crippen LogP contribution is -2.42. The Bertz CT molecular complexity index is 972. The van der Waals surface area contributed by atoms with Gasteiger partial charge in [0.2, 0.25) is 5.91 Å². The Hall–Kier alpha value is -3.14. The van der Waals surface area contributed by atoms with E-state index >= 15 is 0 Å². The quantitative estimate of drug-likeness (QED) is 0.784. The molecule has 3 rings (SSSR count). The Morgan fingerprint density at radius 2 is 2.03 bits per heavy atom. The van der Waals surface area contributed by atoms with Gasteiger partial charge < -0.3 is 15.0 Å². The van der Waals surface area contributed by atoms with Crippen molar-refractivity contribution in [3.8, 4) is 6.07 Å². The molecule has 152 valence electrons. The first kappa shape index (κ1) is 20.6. The normalized spacial score (nSPS) is 14.5. The zero-order valence-corrected chi connectivity index (χ0v) is 17.1. The molecule has 7 heteroatoms. The third kappa shape index (κ3) is 4.48. The molecule has 1 saturated heterocycles. The van der Waals surface area contributed by atoms with Gasteiger partial charge in [0.15, 0.2) is 0 Å². The molecule has 0 aliphatic carbocycles. The monoisotopic (exact) mass is 394 g/mol. The Balaban J connectivity index is 1.76. The largest absolute Gasteiger partial charge is 0.465 e. The van der Waals surface area contributed by atoms with Gasteiger partial charge in [-0.1, -0.05) is 11.6 Å². The second-order valence-corrected chi connectivity index (χ2v) is 7.39. The topological polar surface area (TPSA) is 95.3 Å². The van der Waals surface area contributed by atoms with Crippen LogP contribution in [-0.2, 0) is 14.3 Å². The Kier molecular flexibility index (Phi) is 6.32. The number of anilines is 1. The summed E-state index contributed by atoms with van der Waals surface area (Å²) in [5.74, 6) is -0.696. The van der Waals surface area contributed by atoms with E-state index < -0.39 is 5.97 Å². The number of amides is 1. The van der Waals surface area contributed by atoms with Crippen molar-refractivity contribution in [1.29, 1.82) is 5.26 Å². The second-order valence-electron chi connectivity index (χ2n) is 7.39. The summed E-state index contributed by atoms with van der Waals surface area (Å²) in [6, 6.07) is 6.43. The van der Waals surface area contributed by atoms with Gasteiger partial charge in [-0.25, -0.2) is 0 Å². The number of carbonyl (C=O) groups excluding carboxylic acids is 2. The van der Waals surface area contributed by atoms with Gasteiger partial charge in [0.05, 0.1) is 23.4 Å². The minimum atomic E-state index is -0.425. The van der Waals surface area contributed by atoms with E-state index in [1.165, 1.54) is 0 Å². The molecular formula is C22H26N4O3. The molecule has 0 spiro atoms. The lowest BCUT2D eigenvalue weighted by atomic mass is 9.94. The number of hydrogen-bond acceptors (Lipinski definition) is 6. The summed E-state index contributed by atoms with van der Waals surface area (Å²) < 4.78 is 4.84. The SMILES string of the molecule is CCOC(=O)CNC(=O)C1CCN(c2c(C#N)cnc3c(C)cc(C)cc23)CC1. The van der Waals surface area contributed by atoms with E-state index in [0.29, 0.717) is 38.1 Å². The number of ether oxygens (including phenoxy) is 1. The van der Waals surface area contributed by atoms with Crippen LogP contribution in [0.15, 0.2) is 18.3 Å². The van der Waals surface area contributed by atoms with Crippen molar-refractivity contribution < 1.29 is 14.3 Å². The van der Waals surface area contributed by atoms with Crippen LogP contribution in [0, 0.1) is 31.1 Å². The molecule has 0 unspecified atom stereocenters. The predicted octanol–water partition coefficient (Wildman–Crippen LogP) is 2.62. The fourth-order valence-electron chi connectivity index (χ4n) is 3.95. The Morgan fingerprint density at radius 1 is 1.31 bits per heavy atom. The number of nitrogens with zero attached hydrogens (tertiary/aromatic N) is 3. The van der Waals surface area contributed by atoms with E-state index in [-0.39, 0.29) is 18.4 Å². The number of aromatic nitrogens is 1. The van der Waals surface area contributed by atoms with Crippen LogP contribution in [0.5, 0.6) is 0 Å². The van der Waals surface area contributed by atoms with E-state index in [4.69, 9.17) is 4.74 Å². The molecule has 1 aliphatic heterocycles. The maximum Gasteiger partial charge on any atom is 0.325 e. The van der Waals surface area contributed by atoms with Gasteiger partial charge >= 0.3 is 5.97 Å². The third-order valence-corrected chi connectivity index (χ3v) is 5.29. The number of benzene rings is 1. The van der Waals surface area contributed by atoms with Gasteiger partial charge in [-0.2, -0.15) is 5.26 Å². The zero-order chi connectivity index (χ0) is 21.0. The van der Waals surface area contributed by atoms with Crippen LogP contribution in [0.1, 0.15) is 36.5 Å². The number of rotatable bonds is 5. The molecule has 1 N–H and O–H groups in total. The number of piperidine rings is 1. The molecule has 1 aromatic heterocycles. The molecule has 1 aromatic carbocycles. The maximum absolute atomic E-state index is 12.4. The van der Waals surface area contributed by atoms with Crippen LogP contribution in [0.4, 0.5) is 5.69 Å². The second kappa shape index (κ2) is 8.91. The third-order valence-electron chi connectivity index (χ3n) is 5.29. The van der Waals surface area contributed by atoms with E-state index in [2.05, 4.69) is 33.4 Å². The molecule has 29 heavy (non-hydrogen) atoms. The molecule has 1 aliphatic rings. The summed E-state index contributed by atoms with van der Waals surface area (Å²) in [5, 5.41) is 13.3. The molecule has 1 fully saturated rings. The van der Waals surface area contributed by atoms with Gasteiger partial charge in [-0.3, -0.25) is 14.6 Å². The number of carbonyl (C=O) groups is 2. The van der Waals surface area contributed by atoms with E-state index in [1.807, 2.05) is 13.8 Å². The minimum absolute atomic E-state index is 0.0982. The van der Waals surface area contributed by atoms with Crippen molar-refractivity contribution >= 4 is 28.5 Å². The number of esters is 1. The van der Waals surface area contributed by atoms with Crippen LogP contribution in [-0.4, -0.2) is 43.1 Å². The first-order chi connectivity index (χ1) is 13.9. The number of aryl methyl sites for hydroxylation is 2. The van der Waals surface area contributed by atoms with E-state index in [9.17, 15) is 14.9 Å². The first-order valence-electron chi connectivity index (χ1n) is 9.93. The molecule has 2 heterocycles. The summed E-state index contributed by atoms with van der Waals surface area (Å²) in [6.45, 7) is 7.33. The Labute approximate surface area is 170 Å². The fraction of sp³-hybridized carbons (Fsp3) is 0.455. The maximum atomic E-state index is 12.4. The van der Waals surface area contributed by atoms with Gasteiger partial charge in [0, 0.05) is 30.6 Å². The van der Waals surface area contributed by atoms with Crippen molar-refractivity contribution in [3.05, 3.63) is 35.0 Å². The molecule has 1 amide bonds. The van der Waals surface area contributed by atoms with E-state index in [1.54, 1.807) is 13.1 Å². The molecule has 0 saturated carbocycles.